The maximum atomic E-state index is 12.7. The van der Waals surface area contributed by atoms with Crippen LogP contribution >= 0.6 is 22.9 Å². The van der Waals surface area contributed by atoms with Gasteiger partial charge in [-0.2, -0.15) is 0 Å². The Morgan fingerprint density at radius 1 is 1.41 bits per heavy atom. The Morgan fingerprint density at radius 3 is 2.69 bits per heavy atom. The summed E-state index contributed by atoms with van der Waals surface area (Å²) in [5.74, 6) is -1.02. The molecule has 3 N–H and O–H groups in total. The average molecular weight is 441 g/mol. The Hall–Kier alpha value is -2.17. The number of H-pyrrole nitrogens is 1. The van der Waals surface area contributed by atoms with Crippen molar-refractivity contribution in [2.45, 2.75) is 38.8 Å². The summed E-state index contributed by atoms with van der Waals surface area (Å²) in [4.78, 5) is 39.9. The molecule has 0 bridgehead atoms. The number of nitrogens with zero attached hydrogens (tertiary/aromatic N) is 4. The minimum absolute atomic E-state index is 0.0289. The number of anilines is 1. The second kappa shape index (κ2) is 8.68. The monoisotopic (exact) mass is 440 g/mol. The summed E-state index contributed by atoms with van der Waals surface area (Å²) >= 11 is 7.24. The highest BCUT2D eigenvalue weighted by molar-refractivity contribution is 7.17. The number of carbonyl (C=O) groups excluding carboxylic acids is 1. The summed E-state index contributed by atoms with van der Waals surface area (Å²) in [6, 6.07) is -0.0519. The van der Waals surface area contributed by atoms with Crippen molar-refractivity contribution in [3.05, 3.63) is 27.2 Å². The van der Waals surface area contributed by atoms with Gasteiger partial charge in [0.25, 0.3) is 5.91 Å². The fourth-order valence-corrected chi connectivity index (χ4v) is 4.69. The maximum absolute atomic E-state index is 12.7. The number of hydrogen-bond acceptors (Lipinski definition) is 7. The van der Waals surface area contributed by atoms with Gasteiger partial charge in [-0.15, -0.1) is 0 Å². The highest BCUT2D eigenvalue weighted by Crippen LogP contribution is 2.29. The molecule has 2 unspecified atom stereocenters. The predicted octanol–water partition coefficient (Wildman–Crippen LogP) is 2.03. The number of carboxylic acid groups (broad SMARTS) is 1. The first-order chi connectivity index (χ1) is 13.7. The zero-order valence-electron chi connectivity index (χ0n) is 16.8. The molecule has 1 fully saturated rings. The van der Waals surface area contributed by atoms with E-state index >= 15 is 0 Å². The van der Waals surface area contributed by atoms with Gasteiger partial charge in [-0.1, -0.05) is 29.9 Å². The molecule has 11 heteroatoms. The van der Waals surface area contributed by atoms with E-state index in [-0.39, 0.29) is 28.7 Å². The van der Waals surface area contributed by atoms with Gasteiger partial charge in [-0.25, -0.2) is 14.8 Å². The Morgan fingerprint density at radius 2 is 2.14 bits per heavy atom. The highest BCUT2D eigenvalue weighted by Gasteiger charge is 2.34. The number of aryl methyl sites for hydroxylation is 2. The number of rotatable bonds is 6. The van der Waals surface area contributed by atoms with Gasteiger partial charge >= 0.3 is 5.97 Å². The molecule has 2 aromatic heterocycles. The molecule has 1 saturated heterocycles. The average Bonchev–Trinajstić information content (AvgIpc) is 3.24. The molecule has 9 nitrogen and oxygen atoms in total. The van der Waals surface area contributed by atoms with Gasteiger partial charge in [-0.05, 0) is 33.9 Å². The molecular weight excluding hydrogens is 416 g/mol. The molecule has 1 amide bonds. The number of imidazole rings is 1. The third-order valence-corrected chi connectivity index (χ3v) is 6.63. The van der Waals surface area contributed by atoms with Crippen LogP contribution in [0.1, 0.15) is 45.0 Å². The lowest BCUT2D eigenvalue weighted by Gasteiger charge is -2.41. The molecule has 0 saturated carbocycles. The second-order valence-electron chi connectivity index (χ2n) is 7.27. The van der Waals surface area contributed by atoms with Crippen LogP contribution in [0.5, 0.6) is 0 Å². The van der Waals surface area contributed by atoms with E-state index in [4.69, 9.17) is 11.6 Å². The van der Waals surface area contributed by atoms with Crippen molar-refractivity contribution in [2.24, 2.45) is 0 Å². The third kappa shape index (κ3) is 4.54. The standard InChI is InChI=1S/C18H25ClN6O3S/c1-5-10-14(19)23-15(21-10)16(26)22-11-6-7-25(8-12(11)24(3)4)18-20-9(2)13(29-18)17(27)28/h11-12H,5-8H2,1-4H3,(H,21,23)(H,22,26)(H,27,28). The molecule has 0 spiro atoms. The van der Waals surface area contributed by atoms with Gasteiger partial charge in [0, 0.05) is 25.2 Å². The molecule has 0 radical (unpaired) electrons. The molecule has 1 aliphatic rings. The number of nitrogens with one attached hydrogen (secondary N) is 2. The van der Waals surface area contributed by atoms with Crippen LogP contribution in [0.4, 0.5) is 5.13 Å². The van der Waals surface area contributed by atoms with Gasteiger partial charge in [0.2, 0.25) is 0 Å². The van der Waals surface area contributed by atoms with Crippen molar-refractivity contribution in [2.75, 3.05) is 32.1 Å². The van der Waals surface area contributed by atoms with E-state index in [1.807, 2.05) is 21.0 Å². The summed E-state index contributed by atoms with van der Waals surface area (Å²) in [6.07, 6.45) is 1.37. The highest BCUT2D eigenvalue weighted by atomic mass is 35.5. The Labute approximate surface area is 178 Å². The van der Waals surface area contributed by atoms with Crippen molar-refractivity contribution in [1.82, 2.24) is 25.2 Å². The SMILES string of the molecule is CCc1[nH]c(C(=O)NC2CCN(c3nc(C)c(C(=O)O)s3)CC2N(C)C)nc1Cl. The molecular formula is C18H25ClN6O3S. The number of carbonyl (C=O) groups is 2. The maximum Gasteiger partial charge on any atom is 0.347 e. The lowest BCUT2D eigenvalue weighted by Crippen LogP contribution is -2.59. The lowest BCUT2D eigenvalue weighted by atomic mass is 9.98. The number of thiazole rings is 1. The lowest BCUT2D eigenvalue weighted by molar-refractivity contribution is 0.0700. The van der Waals surface area contributed by atoms with Crippen LogP contribution in [-0.4, -0.2) is 76.1 Å². The molecule has 3 rings (SSSR count). The van der Waals surface area contributed by atoms with Gasteiger partial charge in [0.1, 0.15) is 4.88 Å². The van der Waals surface area contributed by atoms with Gasteiger partial charge in [0.15, 0.2) is 16.1 Å². The number of amides is 1. The van der Waals surface area contributed by atoms with E-state index in [0.717, 1.165) is 5.69 Å². The fourth-order valence-electron chi connectivity index (χ4n) is 3.48. The van der Waals surface area contributed by atoms with Crippen molar-refractivity contribution < 1.29 is 14.7 Å². The van der Waals surface area contributed by atoms with Crippen molar-refractivity contribution in [3.63, 3.8) is 0 Å². The van der Waals surface area contributed by atoms with E-state index in [2.05, 4.69) is 30.1 Å². The number of likely N-dealkylation sites (N-methyl/N-ethyl adjacent to an activating group) is 1. The van der Waals surface area contributed by atoms with E-state index in [1.165, 1.54) is 11.3 Å². The van der Waals surface area contributed by atoms with E-state index in [9.17, 15) is 14.7 Å². The molecule has 2 atom stereocenters. The summed E-state index contributed by atoms with van der Waals surface area (Å²) in [7, 11) is 3.92. The molecule has 29 heavy (non-hydrogen) atoms. The summed E-state index contributed by atoms with van der Waals surface area (Å²) in [6.45, 7) is 4.94. The first kappa shape index (κ1) is 21.5. The number of carboxylic acids is 1. The van der Waals surface area contributed by atoms with Crippen LogP contribution in [0.2, 0.25) is 5.15 Å². The number of aromatic nitrogens is 3. The zero-order valence-corrected chi connectivity index (χ0v) is 18.4. The predicted molar refractivity (Wildman–Crippen MR) is 112 cm³/mol. The van der Waals surface area contributed by atoms with Gasteiger partial charge < -0.3 is 25.2 Å². The molecule has 0 aliphatic carbocycles. The van der Waals surface area contributed by atoms with Crippen LogP contribution in [0.15, 0.2) is 0 Å². The Bertz CT molecular complexity index is 912. The van der Waals surface area contributed by atoms with Crippen molar-refractivity contribution in [3.8, 4) is 0 Å². The normalized spacial score (nSPS) is 19.6. The first-order valence-electron chi connectivity index (χ1n) is 9.38. The Balaban J connectivity index is 1.72. The van der Waals surface area contributed by atoms with Crippen LogP contribution in [0, 0.1) is 6.92 Å². The number of hydrogen-bond donors (Lipinski definition) is 3. The van der Waals surface area contributed by atoms with Crippen LogP contribution in [-0.2, 0) is 6.42 Å². The van der Waals surface area contributed by atoms with E-state index in [0.29, 0.717) is 41.9 Å². The smallest absolute Gasteiger partial charge is 0.347 e. The summed E-state index contributed by atoms with van der Waals surface area (Å²) < 4.78 is 0. The molecule has 2 aromatic rings. The molecule has 0 aromatic carbocycles. The van der Waals surface area contributed by atoms with Crippen molar-refractivity contribution >= 4 is 39.9 Å². The van der Waals surface area contributed by atoms with E-state index in [1.54, 1.807) is 6.92 Å². The van der Waals surface area contributed by atoms with Gasteiger partial charge in [0.05, 0.1) is 11.4 Å². The first-order valence-corrected chi connectivity index (χ1v) is 10.6. The van der Waals surface area contributed by atoms with Gasteiger partial charge in [-0.3, -0.25) is 4.79 Å². The third-order valence-electron chi connectivity index (χ3n) is 5.11. The molecule has 158 valence electrons. The minimum Gasteiger partial charge on any atom is -0.477 e. The second-order valence-corrected chi connectivity index (χ2v) is 8.61. The number of aromatic amines is 1. The topological polar surface area (TPSA) is 114 Å². The van der Waals surface area contributed by atoms with Crippen LogP contribution < -0.4 is 10.2 Å². The number of aromatic carboxylic acids is 1. The molecule has 1 aliphatic heterocycles. The van der Waals surface area contributed by atoms with Crippen molar-refractivity contribution in [1.29, 1.82) is 0 Å². The largest absolute Gasteiger partial charge is 0.477 e. The summed E-state index contributed by atoms with van der Waals surface area (Å²) in [5, 5.41) is 13.4. The quantitative estimate of drug-likeness (QED) is 0.629. The van der Waals surface area contributed by atoms with E-state index < -0.39 is 5.97 Å². The fraction of sp³-hybridized carbons (Fsp3) is 0.556. The number of piperidine rings is 1. The number of halogens is 1. The van der Waals surface area contributed by atoms with Crippen LogP contribution in [0.3, 0.4) is 0 Å². The zero-order chi connectivity index (χ0) is 21.3. The Kier molecular flexibility index (Phi) is 6.45. The van der Waals surface area contributed by atoms with Crippen LogP contribution in [0.25, 0.3) is 0 Å². The molecule has 3 heterocycles. The summed E-state index contributed by atoms with van der Waals surface area (Å²) in [5.41, 5.74) is 1.26. The minimum atomic E-state index is -0.957.